The topological polar surface area (TPSA) is 133 Å². The predicted molar refractivity (Wildman–Crippen MR) is 288 cm³/mol. The van der Waals surface area contributed by atoms with Crippen molar-refractivity contribution in [3.63, 3.8) is 0 Å². The van der Waals surface area contributed by atoms with Crippen molar-refractivity contribution in [1.29, 1.82) is 0 Å². The number of ether oxygens (including phenoxy) is 2. The van der Waals surface area contributed by atoms with Gasteiger partial charge in [0.1, 0.15) is 17.1 Å². The number of azo groups is 2. The van der Waals surface area contributed by atoms with Gasteiger partial charge in [0.2, 0.25) is 0 Å². The van der Waals surface area contributed by atoms with E-state index in [0.717, 1.165) is 124 Å². The molecule has 6 aromatic carbocycles. The molecule has 0 radical (unpaired) electrons. The third kappa shape index (κ3) is 10.5. The molecule has 2 heterocycles. The third-order valence-electron chi connectivity index (χ3n) is 15.2. The third-order valence-corrected chi connectivity index (χ3v) is 15.2. The van der Waals surface area contributed by atoms with Crippen LogP contribution in [0.4, 0.5) is 45.5 Å². The molecule has 0 bridgehead atoms. The van der Waals surface area contributed by atoms with E-state index in [2.05, 4.69) is 158 Å². The highest BCUT2D eigenvalue weighted by atomic mass is 16.5. The number of nitrogens with zero attached hydrogens (tertiary/aromatic N) is 4. The van der Waals surface area contributed by atoms with Crippen LogP contribution in [0.2, 0.25) is 0 Å². The number of benzene rings is 6. The minimum Gasteiger partial charge on any atom is -0.494 e. The summed E-state index contributed by atoms with van der Waals surface area (Å²) in [6, 6.07) is 37.7. The number of hydrogen-bond acceptors (Lipinski definition) is 11. The molecule has 0 amide bonds. The number of rotatable bonds is 18. The first-order valence-corrected chi connectivity index (χ1v) is 25.5. The van der Waals surface area contributed by atoms with E-state index >= 15 is 0 Å². The van der Waals surface area contributed by atoms with E-state index in [0.29, 0.717) is 18.8 Å². The van der Waals surface area contributed by atoms with Crippen molar-refractivity contribution in [2.45, 2.75) is 135 Å². The molecule has 0 atom stereocenters. The minimum absolute atomic E-state index is 0.0301. The predicted octanol–water partition coefficient (Wildman–Crippen LogP) is 17.1. The summed E-state index contributed by atoms with van der Waals surface area (Å²) >= 11 is 0. The Hall–Kier alpha value is -6.75. The summed E-state index contributed by atoms with van der Waals surface area (Å²) in [5.41, 5.74) is 9.13. The van der Waals surface area contributed by atoms with Gasteiger partial charge in [0.05, 0.1) is 36.0 Å². The monoisotopic (exact) mass is 939 g/mol. The summed E-state index contributed by atoms with van der Waals surface area (Å²) in [5, 5.41) is 39.1. The van der Waals surface area contributed by atoms with Crippen molar-refractivity contribution in [3.8, 4) is 5.75 Å². The van der Waals surface area contributed by atoms with Gasteiger partial charge in [-0.2, -0.15) is 10.2 Å². The van der Waals surface area contributed by atoms with E-state index < -0.39 is 0 Å². The number of nitrogens with one attached hydrogen (secondary N) is 4. The maximum absolute atomic E-state index is 11.4. The molecule has 1 saturated carbocycles. The van der Waals surface area contributed by atoms with Crippen molar-refractivity contribution in [2.24, 2.45) is 25.9 Å². The SMILES string of the molecule is C=C(C)C(=O)OCCCCCCCCCCOc1ccc(/N=N/c2ccc3c4c(cccc24)NC2(CCC4(CC2)Nc2cccc5c(/N=N/c6ccc(C(C)(C)C(C)(C)C)cc6)ccc(c25)N4)N3)cc1. The lowest BCUT2D eigenvalue weighted by molar-refractivity contribution is -0.139. The van der Waals surface area contributed by atoms with Gasteiger partial charge in [-0.25, -0.2) is 4.79 Å². The number of esters is 1. The molecule has 6 aromatic rings. The zero-order valence-electron chi connectivity index (χ0n) is 42.0. The summed E-state index contributed by atoms with van der Waals surface area (Å²) in [5.74, 6) is 0.550. The molecule has 0 unspecified atom stereocenters. The maximum Gasteiger partial charge on any atom is 0.333 e. The van der Waals surface area contributed by atoms with Gasteiger partial charge >= 0.3 is 5.97 Å². The molecule has 364 valence electrons. The Balaban J connectivity index is 0.764. The summed E-state index contributed by atoms with van der Waals surface area (Å²) < 4.78 is 11.2. The van der Waals surface area contributed by atoms with E-state index in [1.165, 1.54) is 31.2 Å². The molecular formula is C59H70N8O3. The Morgan fingerprint density at radius 1 is 0.543 bits per heavy atom. The molecule has 0 saturated heterocycles. The molecule has 2 aliphatic heterocycles. The van der Waals surface area contributed by atoms with Crippen molar-refractivity contribution >= 4 is 73.0 Å². The van der Waals surface area contributed by atoms with E-state index in [1.807, 2.05) is 24.3 Å². The van der Waals surface area contributed by atoms with Crippen LogP contribution in [-0.2, 0) is 14.9 Å². The van der Waals surface area contributed by atoms with Crippen LogP contribution < -0.4 is 26.0 Å². The Kier molecular flexibility index (Phi) is 14.0. The molecule has 1 aliphatic carbocycles. The second-order valence-corrected chi connectivity index (χ2v) is 21.3. The molecule has 70 heavy (non-hydrogen) atoms. The van der Waals surface area contributed by atoms with Crippen LogP contribution in [0.1, 0.15) is 124 Å². The lowest BCUT2D eigenvalue weighted by Gasteiger charge is -2.52. The average Bonchev–Trinajstić information content (AvgIpc) is 3.35. The second kappa shape index (κ2) is 20.3. The van der Waals surface area contributed by atoms with Gasteiger partial charge in [0.25, 0.3) is 0 Å². The summed E-state index contributed by atoms with van der Waals surface area (Å²) in [6.45, 7) is 17.9. The number of unbranched alkanes of at least 4 members (excludes halogenated alkanes) is 7. The largest absolute Gasteiger partial charge is 0.494 e. The second-order valence-electron chi connectivity index (χ2n) is 21.3. The standard InChI is InChI=1S/C59H70N8O3/c1-40(2)55(68)70-39-15-13-11-9-8-10-12-14-38-69-44-28-26-43(27-29-44)65-67-48-31-33-52-54-46(48)19-17-21-50(54)61-59(63-52)36-34-58(35-37-59)60-49-20-16-18-45-47(30-32-51(62-58)53(45)49)66-64-42-24-22-41(23-25-42)57(6,7)56(3,4)5/h16-33,60-63H,1,8-15,34-39H2,2-7H3/b66-64+,67-65+. The first-order chi connectivity index (χ1) is 33.7. The highest BCUT2D eigenvalue weighted by Crippen LogP contribution is 2.51. The van der Waals surface area contributed by atoms with Gasteiger partial charge in [-0.05, 0) is 135 Å². The molecule has 2 spiro atoms. The first kappa shape index (κ1) is 48.3. The van der Waals surface area contributed by atoms with Gasteiger partial charge in [0.15, 0.2) is 0 Å². The fourth-order valence-corrected chi connectivity index (χ4v) is 10.0. The number of carbonyl (C=O) groups is 1. The fraction of sp³-hybridized carbons (Fsp3) is 0.407. The fourth-order valence-electron chi connectivity index (χ4n) is 10.0. The maximum atomic E-state index is 11.4. The zero-order chi connectivity index (χ0) is 48.9. The van der Waals surface area contributed by atoms with Gasteiger partial charge in [0, 0.05) is 49.9 Å². The molecule has 1 fully saturated rings. The Labute approximate surface area is 414 Å². The van der Waals surface area contributed by atoms with Crippen molar-refractivity contribution in [2.75, 3.05) is 34.5 Å². The minimum atomic E-state index is -0.293. The van der Waals surface area contributed by atoms with Gasteiger partial charge in [-0.3, -0.25) is 0 Å². The van der Waals surface area contributed by atoms with Gasteiger partial charge in [-0.1, -0.05) is 116 Å². The molecule has 3 aliphatic rings. The summed E-state index contributed by atoms with van der Waals surface area (Å²) in [7, 11) is 0. The van der Waals surface area contributed by atoms with Crippen molar-refractivity contribution < 1.29 is 14.3 Å². The van der Waals surface area contributed by atoms with Gasteiger partial charge in [-0.15, -0.1) is 10.2 Å². The van der Waals surface area contributed by atoms with Crippen LogP contribution in [0.5, 0.6) is 5.75 Å². The number of hydrogen-bond donors (Lipinski definition) is 4. The molecule has 0 aromatic heterocycles. The Bertz CT molecular complexity index is 2880. The lowest BCUT2D eigenvalue weighted by atomic mass is 9.65. The van der Waals surface area contributed by atoms with E-state index in [-0.39, 0.29) is 28.1 Å². The quantitative estimate of drug-likeness (QED) is 0.0292. The first-order valence-electron chi connectivity index (χ1n) is 25.5. The van der Waals surface area contributed by atoms with Crippen LogP contribution in [0.15, 0.2) is 142 Å². The van der Waals surface area contributed by atoms with Crippen molar-refractivity contribution in [1.82, 2.24) is 0 Å². The van der Waals surface area contributed by atoms with Crippen molar-refractivity contribution in [3.05, 3.63) is 127 Å². The normalized spacial score (nSPS) is 18.5. The summed E-state index contributed by atoms with van der Waals surface area (Å²) in [4.78, 5) is 11.4. The van der Waals surface area contributed by atoms with Crippen LogP contribution >= 0.6 is 0 Å². The van der Waals surface area contributed by atoms with Crippen LogP contribution in [0, 0.1) is 5.41 Å². The Morgan fingerprint density at radius 3 is 1.43 bits per heavy atom. The summed E-state index contributed by atoms with van der Waals surface area (Å²) in [6.07, 6.45) is 12.6. The molecule has 9 rings (SSSR count). The van der Waals surface area contributed by atoms with Crippen LogP contribution in [-0.4, -0.2) is 30.5 Å². The van der Waals surface area contributed by atoms with E-state index in [1.54, 1.807) is 6.92 Å². The van der Waals surface area contributed by atoms with Gasteiger partial charge < -0.3 is 30.7 Å². The molecule has 11 nitrogen and oxygen atoms in total. The average molecular weight is 939 g/mol. The smallest absolute Gasteiger partial charge is 0.333 e. The highest BCUT2D eigenvalue weighted by molar-refractivity contribution is 6.11. The number of anilines is 4. The van der Waals surface area contributed by atoms with Crippen LogP contribution in [0.3, 0.4) is 0 Å². The van der Waals surface area contributed by atoms with Crippen LogP contribution in [0.25, 0.3) is 21.5 Å². The Morgan fingerprint density at radius 2 is 0.971 bits per heavy atom. The van der Waals surface area contributed by atoms with E-state index in [4.69, 9.17) is 19.7 Å². The number of carbonyl (C=O) groups excluding carboxylic acids is 1. The zero-order valence-corrected chi connectivity index (χ0v) is 42.0. The van der Waals surface area contributed by atoms with E-state index in [9.17, 15) is 4.79 Å². The lowest BCUT2D eigenvalue weighted by Crippen LogP contribution is -2.59. The molecular weight excluding hydrogens is 869 g/mol. The molecule has 11 heteroatoms. The highest BCUT2D eigenvalue weighted by Gasteiger charge is 2.46. The molecule has 4 N–H and O–H groups in total.